The number of fused-ring (bicyclic) bond motifs is 1. The molecule has 0 spiro atoms. The van der Waals surface area contributed by atoms with Crippen LogP contribution in [0.5, 0.6) is 11.5 Å². The summed E-state index contributed by atoms with van der Waals surface area (Å²) in [4.78, 5) is 51.6. The Balaban J connectivity index is 1.76. The fourth-order valence-electron chi connectivity index (χ4n) is 5.90. The Labute approximate surface area is 299 Å². The van der Waals surface area contributed by atoms with Gasteiger partial charge < -0.3 is 29.2 Å². The van der Waals surface area contributed by atoms with Crippen LogP contribution in [0.25, 0.3) is 22.2 Å². The highest BCUT2D eigenvalue weighted by molar-refractivity contribution is 8.13. The number of aromatic nitrogens is 1. The Morgan fingerprint density at radius 3 is 2.40 bits per heavy atom. The summed E-state index contributed by atoms with van der Waals surface area (Å²) in [5.41, 5.74) is 1.63. The van der Waals surface area contributed by atoms with Gasteiger partial charge in [-0.1, -0.05) is 57.5 Å². The summed E-state index contributed by atoms with van der Waals surface area (Å²) in [6.07, 6.45) is 2.39. The molecule has 2 aromatic carbocycles. The second kappa shape index (κ2) is 17.1. The number of amides is 2. The highest BCUT2D eigenvalue weighted by Gasteiger charge is 2.43. The molecule has 0 bridgehead atoms. The van der Waals surface area contributed by atoms with Crippen LogP contribution in [0.2, 0.25) is 0 Å². The molecule has 2 amide bonds. The number of aliphatic imine (C=N–C) groups is 1. The van der Waals surface area contributed by atoms with Gasteiger partial charge in [0.05, 0.1) is 43.1 Å². The number of nitrogens with zero attached hydrogens (tertiary/aromatic N) is 3. The van der Waals surface area contributed by atoms with Gasteiger partial charge >= 0.3 is 12.1 Å². The fraction of sp³-hybridized carbons (Fsp3) is 0.500. The number of hydrogen-bond acceptors (Lipinski definition) is 10. The number of likely N-dealkylation sites (tertiary alicyclic amines) is 1. The molecule has 50 heavy (non-hydrogen) atoms. The molecule has 2 heterocycles. The quantitative estimate of drug-likeness (QED) is 0.121. The lowest BCUT2D eigenvalue weighted by atomic mass is 10.0. The van der Waals surface area contributed by atoms with Crippen molar-refractivity contribution in [1.82, 2.24) is 15.2 Å². The summed E-state index contributed by atoms with van der Waals surface area (Å²) in [6.45, 7) is 11.3. The molecular weight excluding hydrogens is 657 g/mol. The number of nitrogens with one attached hydrogen (secondary N) is 1. The number of methoxy groups -OCH3 is 2. The van der Waals surface area contributed by atoms with Crippen LogP contribution in [0.15, 0.2) is 59.6 Å². The summed E-state index contributed by atoms with van der Waals surface area (Å²) in [6, 6.07) is 15.3. The van der Waals surface area contributed by atoms with E-state index in [9.17, 15) is 14.4 Å². The molecule has 12 heteroatoms. The Hall–Kier alpha value is -4.32. The van der Waals surface area contributed by atoms with Crippen molar-refractivity contribution < 1.29 is 33.3 Å². The average Bonchev–Trinajstić information content (AvgIpc) is 3.50. The van der Waals surface area contributed by atoms with Gasteiger partial charge in [-0.05, 0) is 51.5 Å². The third-order valence-electron chi connectivity index (χ3n) is 8.31. The zero-order valence-electron chi connectivity index (χ0n) is 30.5. The second-order valence-electron chi connectivity index (χ2n) is 13.6. The van der Waals surface area contributed by atoms with Crippen molar-refractivity contribution in [2.45, 2.75) is 90.6 Å². The van der Waals surface area contributed by atoms with Gasteiger partial charge in [-0.15, -0.1) is 11.8 Å². The van der Waals surface area contributed by atoms with Crippen molar-refractivity contribution >= 4 is 45.7 Å². The van der Waals surface area contributed by atoms with Gasteiger partial charge in [0, 0.05) is 29.5 Å². The summed E-state index contributed by atoms with van der Waals surface area (Å²) in [5.74, 6) is 0.316. The maximum atomic E-state index is 14.5. The normalized spacial score (nSPS) is 17.7. The lowest BCUT2D eigenvalue weighted by Crippen LogP contribution is -2.54. The van der Waals surface area contributed by atoms with Gasteiger partial charge in [-0.3, -0.25) is 9.79 Å². The number of thioether (sulfide) groups is 1. The third-order valence-corrected chi connectivity index (χ3v) is 9.10. The number of rotatable bonds is 12. The molecule has 270 valence electrons. The van der Waals surface area contributed by atoms with Crippen LogP contribution in [0.3, 0.4) is 0 Å². The van der Waals surface area contributed by atoms with E-state index in [1.807, 2.05) is 81.6 Å². The number of pyridine rings is 1. The molecule has 4 atom stereocenters. The van der Waals surface area contributed by atoms with Gasteiger partial charge in [0.25, 0.3) is 0 Å². The SMILES string of the molecule is CCC[C@H](/N=C(\SC)[C@@H]1C[C@@H](Oc2cc(-c3ccccc3)nc3cc(OC)ccc23)CN1C(=O)C(NC(=O)OC(C)(C)C)C(C)C)C(=O)OC. The molecule has 11 nitrogen and oxygen atoms in total. The molecule has 1 unspecified atom stereocenters. The number of ether oxygens (including phenoxy) is 4. The second-order valence-corrected chi connectivity index (χ2v) is 14.4. The highest BCUT2D eigenvalue weighted by Crippen LogP contribution is 2.35. The topological polar surface area (TPSA) is 129 Å². The van der Waals surface area contributed by atoms with Crippen molar-refractivity contribution in [1.29, 1.82) is 0 Å². The van der Waals surface area contributed by atoms with Crippen molar-refractivity contribution in [2.75, 3.05) is 27.0 Å². The van der Waals surface area contributed by atoms with E-state index in [4.69, 9.17) is 28.9 Å². The first-order valence-electron chi connectivity index (χ1n) is 17.0. The maximum absolute atomic E-state index is 14.5. The van der Waals surface area contributed by atoms with Crippen LogP contribution in [0.4, 0.5) is 4.79 Å². The minimum atomic E-state index is -0.875. The first kappa shape index (κ1) is 38.5. The van der Waals surface area contributed by atoms with Crippen LogP contribution in [0, 0.1) is 5.92 Å². The minimum Gasteiger partial charge on any atom is -0.497 e. The Bertz CT molecular complexity index is 1670. The summed E-state index contributed by atoms with van der Waals surface area (Å²) < 4.78 is 22.9. The summed E-state index contributed by atoms with van der Waals surface area (Å²) in [5, 5.41) is 4.22. The largest absolute Gasteiger partial charge is 0.497 e. The Kier molecular flexibility index (Phi) is 13.1. The summed E-state index contributed by atoms with van der Waals surface area (Å²) in [7, 11) is 2.96. The Morgan fingerprint density at radius 1 is 1.08 bits per heavy atom. The molecule has 1 saturated heterocycles. The van der Waals surface area contributed by atoms with Crippen molar-refractivity contribution in [3.8, 4) is 22.8 Å². The smallest absolute Gasteiger partial charge is 0.408 e. The fourth-order valence-corrected chi connectivity index (χ4v) is 6.63. The van der Waals surface area contributed by atoms with Crippen LogP contribution < -0.4 is 14.8 Å². The zero-order valence-corrected chi connectivity index (χ0v) is 31.3. The van der Waals surface area contributed by atoms with E-state index in [1.54, 1.807) is 32.8 Å². The highest BCUT2D eigenvalue weighted by atomic mass is 32.2. The predicted octanol–water partition coefficient (Wildman–Crippen LogP) is 6.91. The number of carbonyl (C=O) groups is 3. The van der Waals surface area contributed by atoms with Crippen molar-refractivity contribution in [3.63, 3.8) is 0 Å². The van der Waals surface area contributed by atoms with Crippen LogP contribution in [0.1, 0.15) is 60.8 Å². The molecule has 1 aliphatic heterocycles. The first-order valence-corrected chi connectivity index (χ1v) is 18.2. The van der Waals surface area contributed by atoms with Gasteiger partial charge in [-0.2, -0.15) is 0 Å². The van der Waals surface area contributed by atoms with Crippen molar-refractivity contribution in [2.24, 2.45) is 10.9 Å². The molecule has 4 rings (SSSR count). The van der Waals surface area contributed by atoms with Gasteiger partial charge in [0.1, 0.15) is 35.3 Å². The van der Waals surface area contributed by atoms with Crippen LogP contribution >= 0.6 is 11.8 Å². The van der Waals surface area contributed by atoms with E-state index in [1.165, 1.54) is 18.9 Å². The molecule has 1 aliphatic rings. The van der Waals surface area contributed by atoms with Gasteiger partial charge in [0.15, 0.2) is 0 Å². The Morgan fingerprint density at radius 2 is 1.80 bits per heavy atom. The number of hydrogen-bond donors (Lipinski definition) is 1. The maximum Gasteiger partial charge on any atom is 0.408 e. The van der Waals surface area contributed by atoms with Gasteiger partial charge in [0.2, 0.25) is 5.91 Å². The van der Waals surface area contributed by atoms with Gasteiger partial charge in [-0.25, -0.2) is 14.6 Å². The van der Waals surface area contributed by atoms with E-state index < -0.39 is 41.9 Å². The molecule has 1 N–H and O–H groups in total. The van der Waals surface area contributed by atoms with E-state index in [2.05, 4.69) is 5.32 Å². The molecule has 0 saturated carbocycles. The number of esters is 1. The van der Waals surface area contributed by atoms with Crippen molar-refractivity contribution in [3.05, 3.63) is 54.6 Å². The predicted molar refractivity (Wildman–Crippen MR) is 198 cm³/mol. The number of alkyl carbamates (subject to hydrolysis) is 1. The molecule has 0 radical (unpaired) electrons. The minimum absolute atomic E-state index is 0.222. The lowest BCUT2D eigenvalue weighted by molar-refractivity contribution is -0.142. The molecule has 1 aromatic heterocycles. The molecular formula is C38H50N4O7S. The monoisotopic (exact) mass is 706 g/mol. The average molecular weight is 707 g/mol. The third kappa shape index (κ3) is 9.68. The standard InChI is InChI=1S/C38H50N4O7S/c1-10-14-28(36(44)47-8)40-34(50-9)31-20-26(22-42(31)35(43)33(23(2)3)41-37(45)49-38(4,5)6)48-32-21-29(24-15-12-11-13-16-24)39-30-19-25(46-7)17-18-27(30)32/h11-13,15-19,21,23,26,28,31,33H,10,14,20,22H2,1-9H3,(H,41,45)/b40-34-/t26-,28+,31+,33?/m1/s1. The zero-order chi connectivity index (χ0) is 36.6. The van der Waals surface area contributed by atoms with E-state index in [0.717, 1.165) is 23.1 Å². The molecule has 0 aliphatic carbocycles. The molecule has 1 fully saturated rings. The summed E-state index contributed by atoms with van der Waals surface area (Å²) >= 11 is 1.38. The van der Waals surface area contributed by atoms with E-state index >= 15 is 0 Å². The van der Waals surface area contributed by atoms with E-state index in [-0.39, 0.29) is 18.4 Å². The lowest BCUT2D eigenvalue weighted by Gasteiger charge is -2.32. The number of benzene rings is 2. The molecule has 3 aromatic rings. The van der Waals surface area contributed by atoms with Crippen LogP contribution in [-0.2, 0) is 19.1 Å². The van der Waals surface area contributed by atoms with E-state index in [0.29, 0.717) is 34.9 Å². The number of carbonyl (C=O) groups excluding carboxylic acids is 3. The first-order chi connectivity index (χ1) is 23.8. The van der Waals surface area contributed by atoms with Crippen LogP contribution in [-0.4, -0.2) is 89.7 Å².